The number of carbonyl (C=O) groups excluding carboxylic acids is 1. The van der Waals surface area contributed by atoms with Crippen LogP contribution < -0.4 is 5.43 Å². The van der Waals surface area contributed by atoms with Crippen molar-refractivity contribution in [2.75, 3.05) is 0 Å². The van der Waals surface area contributed by atoms with E-state index in [2.05, 4.69) is 16.6 Å². The summed E-state index contributed by atoms with van der Waals surface area (Å²) in [6, 6.07) is 9.29. The van der Waals surface area contributed by atoms with Crippen LogP contribution in [0.25, 0.3) is 5.88 Å². The number of carbonyl (C=O) groups is 1. The molecule has 3 rings (SSSR count). The van der Waals surface area contributed by atoms with Gasteiger partial charge in [-0.3, -0.25) is 19.5 Å². The normalized spacial score (nSPS) is 10.9. The zero-order valence-corrected chi connectivity index (χ0v) is 16.9. The summed E-state index contributed by atoms with van der Waals surface area (Å²) >= 11 is 0. The van der Waals surface area contributed by atoms with Crippen LogP contribution in [0.1, 0.15) is 44.2 Å². The van der Waals surface area contributed by atoms with E-state index in [0.717, 1.165) is 22.5 Å². The quantitative estimate of drug-likeness (QED) is 0.392. The number of nitrogens with one attached hydrogen (secondary N) is 1. The third-order valence-corrected chi connectivity index (χ3v) is 4.86. The lowest BCUT2D eigenvalue weighted by Crippen LogP contribution is -2.17. The van der Waals surface area contributed by atoms with Crippen molar-refractivity contribution in [3.8, 4) is 12.0 Å². The standard InChI is InChI=1S/C21H19N5O4/c1-12-9-17(14(3)25(12)21-19(10-22)13(2)15(4)30-21)11-23-24-20(27)16-5-7-18(8-6-16)26(28)29/h5-9,11H,1-4H3,(H,24,27). The first-order valence-electron chi connectivity index (χ1n) is 9.01. The van der Waals surface area contributed by atoms with Gasteiger partial charge in [0.15, 0.2) is 0 Å². The number of rotatable bonds is 5. The molecule has 0 saturated heterocycles. The Labute approximate surface area is 172 Å². The van der Waals surface area contributed by atoms with Crippen LogP contribution in [0.2, 0.25) is 0 Å². The molecule has 0 radical (unpaired) electrons. The van der Waals surface area contributed by atoms with Crippen LogP contribution >= 0.6 is 0 Å². The fraction of sp³-hybridized carbons (Fsp3) is 0.190. The molecule has 0 fully saturated rings. The molecule has 0 spiro atoms. The summed E-state index contributed by atoms with van der Waals surface area (Å²) in [6.07, 6.45) is 1.50. The molecule has 3 aromatic rings. The van der Waals surface area contributed by atoms with Crippen LogP contribution in [0.5, 0.6) is 0 Å². The first-order chi connectivity index (χ1) is 14.2. The van der Waals surface area contributed by atoms with Gasteiger partial charge in [-0.25, -0.2) is 5.43 Å². The maximum absolute atomic E-state index is 12.2. The van der Waals surface area contributed by atoms with Crippen LogP contribution in [-0.4, -0.2) is 21.6 Å². The van der Waals surface area contributed by atoms with Crippen molar-refractivity contribution in [3.05, 3.63) is 79.8 Å². The Balaban J connectivity index is 1.81. The highest BCUT2D eigenvalue weighted by atomic mass is 16.6. The molecule has 0 aliphatic carbocycles. The third-order valence-electron chi connectivity index (χ3n) is 4.86. The Bertz CT molecular complexity index is 1210. The van der Waals surface area contributed by atoms with Gasteiger partial charge in [0.2, 0.25) is 5.88 Å². The summed E-state index contributed by atoms with van der Waals surface area (Å²) in [7, 11) is 0. The first kappa shape index (κ1) is 20.5. The van der Waals surface area contributed by atoms with Crippen LogP contribution in [0.15, 0.2) is 39.9 Å². The van der Waals surface area contributed by atoms with Gasteiger partial charge in [-0.05, 0) is 45.9 Å². The molecule has 30 heavy (non-hydrogen) atoms. The van der Waals surface area contributed by atoms with Crippen molar-refractivity contribution in [2.24, 2.45) is 5.10 Å². The lowest BCUT2D eigenvalue weighted by molar-refractivity contribution is -0.384. The topological polar surface area (TPSA) is 126 Å². The van der Waals surface area contributed by atoms with Gasteiger partial charge < -0.3 is 4.42 Å². The molecular formula is C21H19N5O4. The SMILES string of the molecule is Cc1oc(-n2c(C)cc(C=NNC(=O)c3ccc([N+](=O)[O-])cc3)c2C)c(C#N)c1C. The summed E-state index contributed by atoms with van der Waals surface area (Å²) in [5.41, 5.74) is 6.22. The van der Waals surface area contributed by atoms with Gasteiger partial charge in [0.05, 0.1) is 11.1 Å². The average molecular weight is 405 g/mol. The number of nitrogens with zero attached hydrogens (tertiary/aromatic N) is 4. The number of aryl methyl sites for hydroxylation is 2. The van der Waals surface area contributed by atoms with Crippen molar-refractivity contribution in [2.45, 2.75) is 27.7 Å². The fourth-order valence-electron chi connectivity index (χ4n) is 3.09. The van der Waals surface area contributed by atoms with Crippen LogP contribution in [0.3, 0.4) is 0 Å². The number of furan rings is 1. The highest BCUT2D eigenvalue weighted by Gasteiger charge is 2.20. The van der Waals surface area contributed by atoms with E-state index < -0.39 is 10.8 Å². The second kappa shape index (κ2) is 8.05. The molecule has 1 amide bonds. The molecular weight excluding hydrogens is 386 g/mol. The largest absolute Gasteiger partial charge is 0.443 e. The molecule has 0 bridgehead atoms. The molecule has 0 aliphatic rings. The van der Waals surface area contributed by atoms with Gasteiger partial charge in [0, 0.05) is 40.2 Å². The first-order valence-corrected chi connectivity index (χ1v) is 9.01. The molecule has 2 aromatic heterocycles. The van der Waals surface area contributed by atoms with Gasteiger partial charge in [-0.2, -0.15) is 10.4 Å². The van der Waals surface area contributed by atoms with Crippen molar-refractivity contribution in [1.82, 2.24) is 9.99 Å². The predicted octanol–water partition coefficient (Wildman–Crippen LogP) is 3.85. The van der Waals surface area contributed by atoms with E-state index in [9.17, 15) is 20.2 Å². The molecule has 1 aromatic carbocycles. The monoisotopic (exact) mass is 405 g/mol. The molecule has 152 valence electrons. The highest BCUT2D eigenvalue weighted by Crippen LogP contribution is 2.28. The second-order valence-corrected chi connectivity index (χ2v) is 6.74. The average Bonchev–Trinajstić information content (AvgIpc) is 3.16. The number of hydrogen-bond acceptors (Lipinski definition) is 6. The highest BCUT2D eigenvalue weighted by molar-refractivity contribution is 5.95. The van der Waals surface area contributed by atoms with E-state index in [1.54, 1.807) is 0 Å². The lowest BCUT2D eigenvalue weighted by Gasteiger charge is -2.06. The van der Waals surface area contributed by atoms with E-state index in [1.807, 2.05) is 38.3 Å². The Morgan fingerprint density at radius 2 is 1.93 bits per heavy atom. The number of nitriles is 1. The number of hydrazone groups is 1. The maximum Gasteiger partial charge on any atom is 0.271 e. The minimum Gasteiger partial charge on any atom is -0.443 e. The second-order valence-electron chi connectivity index (χ2n) is 6.74. The Kier molecular flexibility index (Phi) is 5.51. The van der Waals surface area contributed by atoms with Gasteiger partial charge in [-0.15, -0.1) is 0 Å². The number of nitro benzene ring substituents is 1. The Morgan fingerprint density at radius 3 is 2.53 bits per heavy atom. The third kappa shape index (κ3) is 3.71. The Hall–Kier alpha value is -4.19. The summed E-state index contributed by atoms with van der Waals surface area (Å²) in [5.74, 6) is 0.649. The van der Waals surface area contributed by atoms with Crippen molar-refractivity contribution in [3.63, 3.8) is 0 Å². The maximum atomic E-state index is 12.2. The van der Waals surface area contributed by atoms with E-state index in [4.69, 9.17) is 4.42 Å². The van der Waals surface area contributed by atoms with Crippen LogP contribution in [-0.2, 0) is 0 Å². The molecule has 0 unspecified atom stereocenters. The minimum absolute atomic E-state index is 0.0948. The van der Waals surface area contributed by atoms with Gasteiger partial charge >= 0.3 is 0 Å². The number of aromatic nitrogens is 1. The van der Waals surface area contributed by atoms with Crippen molar-refractivity contribution in [1.29, 1.82) is 5.26 Å². The predicted molar refractivity (Wildman–Crippen MR) is 110 cm³/mol. The van der Waals surface area contributed by atoms with Gasteiger partial charge in [-0.1, -0.05) is 0 Å². The molecule has 9 heteroatoms. The Morgan fingerprint density at radius 1 is 1.27 bits per heavy atom. The fourth-order valence-corrected chi connectivity index (χ4v) is 3.09. The van der Waals surface area contributed by atoms with Crippen LogP contribution in [0.4, 0.5) is 5.69 Å². The molecule has 1 N–H and O–H groups in total. The lowest BCUT2D eigenvalue weighted by atomic mass is 10.2. The van der Waals surface area contributed by atoms with E-state index in [-0.39, 0.29) is 11.3 Å². The van der Waals surface area contributed by atoms with Gasteiger partial charge in [0.1, 0.15) is 17.4 Å². The summed E-state index contributed by atoms with van der Waals surface area (Å²) < 4.78 is 7.63. The summed E-state index contributed by atoms with van der Waals surface area (Å²) in [6.45, 7) is 7.39. The minimum atomic E-state index is -0.532. The molecule has 9 nitrogen and oxygen atoms in total. The number of hydrogen-bond donors (Lipinski definition) is 1. The van der Waals surface area contributed by atoms with Crippen molar-refractivity contribution >= 4 is 17.8 Å². The summed E-state index contributed by atoms with van der Waals surface area (Å²) in [5, 5.41) is 24.2. The van der Waals surface area contributed by atoms with Crippen LogP contribution in [0, 0.1) is 49.1 Å². The molecule has 0 saturated carbocycles. The van der Waals surface area contributed by atoms with E-state index in [1.165, 1.54) is 30.5 Å². The molecule has 0 atom stereocenters. The number of benzene rings is 1. The molecule has 0 aliphatic heterocycles. The number of amides is 1. The number of non-ortho nitro benzene ring substituents is 1. The summed E-state index contributed by atoms with van der Waals surface area (Å²) in [4.78, 5) is 22.3. The molecule has 2 heterocycles. The zero-order valence-electron chi connectivity index (χ0n) is 16.9. The zero-order chi connectivity index (χ0) is 22.0. The van der Waals surface area contributed by atoms with E-state index in [0.29, 0.717) is 17.2 Å². The number of nitro groups is 1. The smallest absolute Gasteiger partial charge is 0.271 e. The van der Waals surface area contributed by atoms with E-state index >= 15 is 0 Å². The van der Waals surface area contributed by atoms with Gasteiger partial charge in [0.25, 0.3) is 11.6 Å². The van der Waals surface area contributed by atoms with Crippen molar-refractivity contribution < 1.29 is 14.1 Å².